The van der Waals surface area contributed by atoms with Crippen LogP contribution in [0.15, 0.2) is 0 Å². The summed E-state index contributed by atoms with van der Waals surface area (Å²) >= 11 is 0. The van der Waals surface area contributed by atoms with E-state index in [0.29, 0.717) is 12.5 Å². The summed E-state index contributed by atoms with van der Waals surface area (Å²) in [7, 11) is 0. The number of hydrogen-bond acceptors (Lipinski definition) is 3. The zero-order valence-corrected chi connectivity index (χ0v) is 15.4. The standard InChI is InChI=1S/C18H33NO2.ClH/c1-4-8-16(15-9-5-6-10-15)17(20)21-14-13-19-12-7-11-18(19,2)3;/h15-16H,4-14H2,1-3H3;1H. The number of nitrogens with zero attached hydrogens (tertiary/aromatic N) is 1. The normalized spacial score (nSPS) is 23.2. The second-order valence-electron chi connectivity index (χ2n) is 7.51. The minimum absolute atomic E-state index is 0. The van der Waals surface area contributed by atoms with E-state index in [1.54, 1.807) is 0 Å². The molecular formula is C18H34ClNO2. The summed E-state index contributed by atoms with van der Waals surface area (Å²) < 4.78 is 5.64. The van der Waals surface area contributed by atoms with Gasteiger partial charge in [0.1, 0.15) is 6.61 Å². The monoisotopic (exact) mass is 331 g/mol. The predicted octanol–water partition coefficient (Wildman–Crippen LogP) is 4.43. The molecule has 0 radical (unpaired) electrons. The van der Waals surface area contributed by atoms with E-state index in [-0.39, 0.29) is 29.8 Å². The molecule has 1 aliphatic heterocycles. The molecule has 0 aromatic carbocycles. The number of likely N-dealkylation sites (tertiary alicyclic amines) is 1. The van der Waals surface area contributed by atoms with Crippen molar-refractivity contribution >= 4 is 18.4 Å². The van der Waals surface area contributed by atoms with Crippen LogP contribution in [-0.4, -0.2) is 36.1 Å². The maximum Gasteiger partial charge on any atom is 0.309 e. The molecule has 0 spiro atoms. The van der Waals surface area contributed by atoms with Crippen LogP contribution in [0.4, 0.5) is 0 Å². The fourth-order valence-corrected chi connectivity index (χ4v) is 4.16. The van der Waals surface area contributed by atoms with Gasteiger partial charge in [0.05, 0.1) is 5.92 Å². The molecule has 1 saturated carbocycles. The summed E-state index contributed by atoms with van der Waals surface area (Å²) in [6, 6.07) is 0. The van der Waals surface area contributed by atoms with Crippen LogP contribution in [0.3, 0.4) is 0 Å². The Morgan fingerprint density at radius 2 is 1.95 bits per heavy atom. The fourth-order valence-electron chi connectivity index (χ4n) is 4.16. The molecule has 1 unspecified atom stereocenters. The third-order valence-corrected chi connectivity index (χ3v) is 5.55. The molecule has 1 aliphatic carbocycles. The molecule has 0 bridgehead atoms. The highest BCUT2D eigenvalue weighted by Crippen LogP contribution is 2.34. The SMILES string of the molecule is CCCC(C(=O)OCCN1CCCC1(C)C)C1CCCC1.Cl. The molecule has 22 heavy (non-hydrogen) atoms. The molecule has 1 heterocycles. The minimum atomic E-state index is 0. The van der Waals surface area contributed by atoms with E-state index >= 15 is 0 Å². The van der Waals surface area contributed by atoms with Crippen LogP contribution < -0.4 is 0 Å². The zero-order chi connectivity index (χ0) is 15.3. The predicted molar refractivity (Wildman–Crippen MR) is 93.4 cm³/mol. The lowest BCUT2D eigenvalue weighted by Gasteiger charge is -2.31. The maximum atomic E-state index is 12.4. The van der Waals surface area contributed by atoms with Crippen molar-refractivity contribution in [2.45, 2.75) is 77.7 Å². The van der Waals surface area contributed by atoms with Crippen LogP contribution in [0.1, 0.15) is 72.1 Å². The highest BCUT2D eigenvalue weighted by Gasteiger charge is 2.33. The highest BCUT2D eigenvalue weighted by atomic mass is 35.5. The average Bonchev–Trinajstić information content (AvgIpc) is 3.06. The molecule has 4 heteroatoms. The van der Waals surface area contributed by atoms with Gasteiger partial charge in [-0.05, 0) is 58.4 Å². The van der Waals surface area contributed by atoms with Crippen molar-refractivity contribution in [3.8, 4) is 0 Å². The second kappa shape index (κ2) is 9.12. The Kier molecular flexibility index (Phi) is 8.20. The largest absolute Gasteiger partial charge is 0.464 e. The first kappa shape index (κ1) is 19.8. The molecular weight excluding hydrogens is 298 g/mol. The van der Waals surface area contributed by atoms with Gasteiger partial charge in [0.2, 0.25) is 0 Å². The number of halogens is 1. The summed E-state index contributed by atoms with van der Waals surface area (Å²) in [6.07, 6.45) is 9.62. The molecule has 3 nitrogen and oxygen atoms in total. The molecule has 2 aliphatic rings. The number of rotatable bonds is 7. The second-order valence-corrected chi connectivity index (χ2v) is 7.51. The Balaban J connectivity index is 0.00000242. The Morgan fingerprint density at radius 1 is 1.27 bits per heavy atom. The summed E-state index contributed by atoms with van der Waals surface area (Å²) in [4.78, 5) is 14.9. The lowest BCUT2D eigenvalue weighted by atomic mass is 9.87. The Morgan fingerprint density at radius 3 is 2.50 bits per heavy atom. The van der Waals surface area contributed by atoms with E-state index in [2.05, 4.69) is 25.7 Å². The van der Waals surface area contributed by atoms with Crippen molar-refractivity contribution in [2.75, 3.05) is 19.7 Å². The molecule has 130 valence electrons. The van der Waals surface area contributed by atoms with Crippen LogP contribution >= 0.6 is 12.4 Å². The van der Waals surface area contributed by atoms with Crippen LogP contribution in [0.5, 0.6) is 0 Å². The number of hydrogen-bond donors (Lipinski definition) is 0. The first-order valence-electron chi connectivity index (χ1n) is 8.96. The lowest BCUT2D eigenvalue weighted by molar-refractivity contribution is -0.151. The first-order chi connectivity index (χ1) is 10.0. The van der Waals surface area contributed by atoms with Gasteiger partial charge in [-0.1, -0.05) is 26.2 Å². The van der Waals surface area contributed by atoms with Gasteiger partial charge in [-0.2, -0.15) is 0 Å². The summed E-state index contributed by atoms with van der Waals surface area (Å²) in [5.41, 5.74) is 0.278. The van der Waals surface area contributed by atoms with E-state index in [4.69, 9.17) is 4.74 Å². The third kappa shape index (κ3) is 5.13. The molecule has 0 aromatic rings. The molecule has 2 fully saturated rings. The van der Waals surface area contributed by atoms with Crippen molar-refractivity contribution in [1.82, 2.24) is 4.90 Å². The quantitative estimate of drug-likeness (QED) is 0.646. The lowest BCUT2D eigenvalue weighted by Crippen LogP contribution is -2.40. The van der Waals surface area contributed by atoms with Gasteiger partial charge in [-0.15, -0.1) is 12.4 Å². The maximum absolute atomic E-state index is 12.4. The minimum Gasteiger partial charge on any atom is -0.464 e. The van der Waals surface area contributed by atoms with Crippen molar-refractivity contribution in [1.29, 1.82) is 0 Å². The topological polar surface area (TPSA) is 29.5 Å². The van der Waals surface area contributed by atoms with Crippen molar-refractivity contribution in [3.63, 3.8) is 0 Å². The number of esters is 1. The van der Waals surface area contributed by atoms with Crippen LogP contribution in [0.2, 0.25) is 0 Å². The van der Waals surface area contributed by atoms with Crippen molar-refractivity contribution in [2.24, 2.45) is 11.8 Å². The van der Waals surface area contributed by atoms with E-state index in [9.17, 15) is 4.79 Å². The smallest absolute Gasteiger partial charge is 0.309 e. The average molecular weight is 332 g/mol. The zero-order valence-electron chi connectivity index (χ0n) is 14.6. The Bertz CT molecular complexity index is 340. The number of carbonyl (C=O) groups excluding carboxylic acids is 1. The van der Waals surface area contributed by atoms with Gasteiger partial charge >= 0.3 is 5.97 Å². The third-order valence-electron chi connectivity index (χ3n) is 5.55. The Labute approximate surface area is 142 Å². The van der Waals surface area contributed by atoms with Crippen LogP contribution in [0.25, 0.3) is 0 Å². The number of ether oxygens (including phenoxy) is 1. The van der Waals surface area contributed by atoms with Gasteiger partial charge < -0.3 is 4.74 Å². The van der Waals surface area contributed by atoms with Gasteiger partial charge in [-0.25, -0.2) is 0 Å². The fraction of sp³-hybridized carbons (Fsp3) is 0.944. The van der Waals surface area contributed by atoms with Gasteiger partial charge in [-0.3, -0.25) is 9.69 Å². The summed E-state index contributed by atoms with van der Waals surface area (Å²) in [5.74, 6) is 0.811. The molecule has 0 N–H and O–H groups in total. The van der Waals surface area contributed by atoms with Crippen LogP contribution in [-0.2, 0) is 9.53 Å². The van der Waals surface area contributed by atoms with E-state index in [1.807, 2.05) is 0 Å². The summed E-state index contributed by atoms with van der Waals surface area (Å²) in [5, 5.41) is 0. The van der Waals surface area contributed by atoms with E-state index in [1.165, 1.54) is 38.5 Å². The van der Waals surface area contributed by atoms with Gasteiger partial charge in [0, 0.05) is 12.1 Å². The highest BCUT2D eigenvalue weighted by molar-refractivity contribution is 5.85. The Hall–Kier alpha value is -0.280. The van der Waals surface area contributed by atoms with Gasteiger partial charge in [0.25, 0.3) is 0 Å². The van der Waals surface area contributed by atoms with E-state index < -0.39 is 0 Å². The van der Waals surface area contributed by atoms with Crippen LogP contribution in [0, 0.1) is 11.8 Å². The number of carbonyl (C=O) groups is 1. The van der Waals surface area contributed by atoms with Crippen molar-refractivity contribution in [3.05, 3.63) is 0 Å². The molecule has 0 aromatic heterocycles. The first-order valence-corrected chi connectivity index (χ1v) is 8.96. The molecule has 1 atom stereocenters. The van der Waals surface area contributed by atoms with E-state index in [0.717, 1.165) is 25.9 Å². The van der Waals surface area contributed by atoms with Crippen molar-refractivity contribution < 1.29 is 9.53 Å². The van der Waals surface area contributed by atoms with Gasteiger partial charge in [0.15, 0.2) is 0 Å². The molecule has 2 rings (SSSR count). The summed E-state index contributed by atoms with van der Waals surface area (Å²) in [6.45, 7) is 9.35. The molecule has 1 saturated heterocycles. The molecule has 0 amide bonds.